The summed E-state index contributed by atoms with van der Waals surface area (Å²) in [7, 11) is 0. The van der Waals surface area contributed by atoms with Gasteiger partial charge in [0.1, 0.15) is 0 Å². The highest BCUT2D eigenvalue weighted by Crippen LogP contribution is 2.32. The molecule has 0 aliphatic carbocycles. The van der Waals surface area contributed by atoms with Crippen LogP contribution in [0.25, 0.3) is 0 Å². The summed E-state index contributed by atoms with van der Waals surface area (Å²) in [5, 5.41) is 7.12. The highest BCUT2D eigenvalue weighted by atomic mass is 19.4. The summed E-state index contributed by atoms with van der Waals surface area (Å²) in [6.07, 6.45) is 3.17. The van der Waals surface area contributed by atoms with Gasteiger partial charge in [0.25, 0.3) is 0 Å². The van der Waals surface area contributed by atoms with Crippen molar-refractivity contribution in [1.82, 2.24) is 9.88 Å². The number of pyridine rings is 1. The van der Waals surface area contributed by atoms with E-state index in [0.29, 0.717) is 18.1 Å². The van der Waals surface area contributed by atoms with Crippen LogP contribution in [0.15, 0.2) is 24.4 Å². The lowest BCUT2D eigenvalue weighted by Crippen LogP contribution is -2.43. The van der Waals surface area contributed by atoms with E-state index in [2.05, 4.69) is 22.0 Å². The molecule has 3 aliphatic rings. The predicted molar refractivity (Wildman–Crippen MR) is 109 cm³/mol. The van der Waals surface area contributed by atoms with Crippen molar-refractivity contribution in [3.8, 4) is 0 Å². The average molecular weight is 460 g/mol. The number of halogens is 3. The number of carbonyl (C=O) groups is 1. The number of nitrogens with zero attached hydrogens (tertiary/aromatic N) is 2. The number of hydrogen-bond acceptors (Lipinski definition) is 6. The van der Waals surface area contributed by atoms with Crippen LogP contribution in [-0.2, 0) is 25.5 Å². The van der Waals surface area contributed by atoms with Gasteiger partial charge in [-0.15, -0.1) is 0 Å². The van der Waals surface area contributed by atoms with Gasteiger partial charge in [0.15, 0.2) is 0 Å². The summed E-state index contributed by atoms with van der Waals surface area (Å²) in [6.45, 7) is 5.45. The molecule has 0 amide bonds. The van der Waals surface area contributed by atoms with E-state index < -0.39 is 12.1 Å². The molecule has 0 radical (unpaired) electrons. The molecular weight excluding hydrogens is 429 g/mol. The molecule has 0 unspecified atom stereocenters. The third kappa shape index (κ3) is 7.68. The second-order valence-electron chi connectivity index (χ2n) is 8.42. The Kier molecular flexibility index (Phi) is 9.27. The molecule has 0 spiro atoms. The number of likely N-dealkylation sites (tertiary alicyclic amines) is 1. The molecule has 3 saturated heterocycles. The molecule has 0 saturated carbocycles. The number of ether oxygens (including phenoxy) is 3. The fraction of sp³-hybridized carbons (Fsp3) is 0.727. The Morgan fingerprint density at radius 2 is 1.91 bits per heavy atom. The Bertz CT molecular complexity index is 701. The first-order chi connectivity index (χ1) is 15.3. The topological polar surface area (TPSA) is 81.1 Å². The van der Waals surface area contributed by atoms with E-state index in [0.717, 1.165) is 70.9 Å². The van der Waals surface area contributed by atoms with Gasteiger partial charge >= 0.3 is 12.1 Å². The molecule has 0 bridgehead atoms. The van der Waals surface area contributed by atoms with E-state index in [9.17, 15) is 13.2 Å². The zero-order chi connectivity index (χ0) is 23.0. The number of rotatable bonds is 6. The minimum Gasteiger partial charge on any atom is -0.475 e. The summed E-state index contributed by atoms with van der Waals surface area (Å²) in [5.74, 6) is -2.09. The molecular formula is C22H31F3N2O5. The first-order valence-corrected chi connectivity index (χ1v) is 11.1. The van der Waals surface area contributed by atoms with Gasteiger partial charge in [-0.1, -0.05) is 6.07 Å². The number of hydrogen-bond donors (Lipinski definition) is 1. The fourth-order valence-electron chi connectivity index (χ4n) is 4.38. The molecule has 3 fully saturated rings. The Balaban J connectivity index is 0.000000360. The molecule has 4 heterocycles. The van der Waals surface area contributed by atoms with Crippen LogP contribution in [0.4, 0.5) is 13.2 Å². The molecule has 7 nitrogen and oxygen atoms in total. The first kappa shape index (κ1) is 24.9. The van der Waals surface area contributed by atoms with Crippen molar-refractivity contribution in [2.75, 3.05) is 33.0 Å². The summed E-state index contributed by atoms with van der Waals surface area (Å²) < 4.78 is 49.5. The molecule has 1 N–H and O–H groups in total. The van der Waals surface area contributed by atoms with E-state index >= 15 is 0 Å². The second-order valence-corrected chi connectivity index (χ2v) is 8.42. The number of aromatic nitrogens is 1. The zero-order valence-electron chi connectivity index (χ0n) is 18.0. The van der Waals surface area contributed by atoms with Crippen molar-refractivity contribution >= 4 is 5.97 Å². The lowest BCUT2D eigenvalue weighted by Gasteiger charge is -2.36. The van der Waals surface area contributed by atoms with Crippen LogP contribution in [-0.4, -0.2) is 78.4 Å². The van der Waals surface area contributed by atoms with Gasteiger partial charge in [-0.25, -0.2) is 4.79 Å². The highest BCUT2D eigenvalue weighted by Gasteiger charge is 2.40. The summed E-state index contributed by atoms with van der Waals surface area (Å²) >= 11 is 0. The SMILES string of the molecule is O=C(O)C(F)(F)F.c1ccc(CN2CC[C@@H]3O[C@@H](COCC4CCOCC4)CC[C@@H]32)nc1. The summed E-state index contributed by atoms with van der Waals surface area (Å²) in [4.78, 5) is 15.9. The first-order valence-electron chi connectivity index (χ1n) is 11.1. The molecule has 4 rings (SSSR count). The number of carboxylic acid groups (broad SMARTS) is 1. The number of aliphatic carboxylic acids is 1. The Morgan fingerprint density at radius 3 is 2.56 bits per heavy atom. The fourth-order valence-corrected chi connectivity index (χ4v) is 4.38. The van der Waals surface area contributed by atoms with Crippen molar-refractivity contribution < 1.29 is 37.3 Å². The van der Waals surface area contributed by atoms with Crippen LogP contribution in [0.2, 0.25) is 0 Å². The summed E-state index contributed by atoms with van der Waals surface area (Å²) in [5.41, 5.74) is 1.16. The molecule has 1 aromatic rings. The normalized spacial score (nSPS) is 26.8. The Morgan fingerprint density at radius 1 is 1.16 bits per heavy atom. The standard InChI is InChI=1S/C20H30N2O3.C2HF3O2/c1-2-9-21-17(3-1)13-22-10-6-20-19(22)5-4-18(25-20)15-24-14-16-7-11-23-12-8-16;3-2(4,5)1(6)7/h1-3,9,16,18-20H,4-8,10-15H2;(H,6,7)/t18-,19+,20+;/m1./s1. The van der Waals surface area contributed by atoms with Crippen LogP contribution in [0, 0.1) is 5.92 Å². The third-order valence-electron chi connectivity index (χ3n) is 6.08. The van der Waals surface area contributed by atoms with Gasteiger partial charge in [0, 0.05) is 45.1 Å². The molecule has 3 aliphatic heterocycles. The predicted octanol–water partition coefficient (Wildman–Crippen LogP) is 3.28. The van der Waals surface area contributed by atoms with Gasteiger partial charge in [-0.3, -0.25) is 9.88 Å². The smallest absolute Gasteiger partial charge is 0.475 e. The van der Waals surface area contributed by atoms with Crippen molar-refractivity contribution in [3.63, 3.8) is 0 Å². The van der Waals surface area contributed by atoms with E-state index in [1.54, 1.807) is 0 Å². The molecule has 32 heavy (non-hydrogen) atoms. The van der Waals surface area contributed by atoms with Crippen LogP contribution in [0.1, 0.15) is 37.8 Å². The van der Waals surface area contributed by atoms with Gasteiger partial charge < -0.3 is 19.3 Å². The van der Waals surface area contributed by atoms with Crippen molar-refractivity contribution in [2.45, 2.75) is 63.1 Å². The monoisotopic (exact) mass is 460 g/mol. The second kappa shape index (κ2) is 11.9. The van der Waals surface area contributed by atoms with E-state index in [-0.39, 0.29) is 6.10 Å². The van der Waals surface area contributed by atoms with E-state index in [1.165, 1.54) is 6.42 Å². The molecule has 10 heteroatoms. The minimum absolute atomic E-state index is 0.274. The van der Waals surface area contributed by atoms with Crippen LogP contribution >= 0.6 is 0 Å². The highest BCUT2D eigenvalue weighted by molar-refractivity contribution is 5.73. The molecule has 180 valence electrons. The van der Waals surface area contributed by atoms with Gasteiger partial charge in [0.05, 0.1) is 24.5 Å². The van der Waals surface area contributed by atoms with Gasteiger partial charge in [-0.05, 0) is 50.2 Å². The largest absolute Gasteiger partial charge is 0.490 e. The van der Waals surface area contributed by atoms with E-state index in [1.807, 2.05) is 12.3 Å². The maximum atomic E-state index is 10.6. The average Bonchev–Trinajstić information content (AvgIpc) is 3.17. The molecule has 3 atom stereocenters. The Labute approximate surface area is 185 Å². The minimum atomic E-state index is -5.08. The number of carboxylic acids is 1. The molecule has 1 aromatic heterocycles. The maximum Gasteiger partial charge on any atom is 0.490 e. The van der Waals surface area contributed by atoms with Crippen molar-refractivity contribution in [3.05, 3.63) is 30.1 Å². The van der Waals surface area contributed by atoms with Crippen molar-refractivity contribution in [2.24, 2.45) is 5.92 Å². The summed E-state index contributed by atoms with van der Waals surface area (Å²) in [6, 6.07) is 6.71. The van der Waals surface area contributed by atoms with E-state index in [4.69, 9.17) is 24.1 Å². The maximum absolute atomic E-state index is 10.6. The molecule has 0 aromatic carbocycles. The zero-order valence-corrected chi connectivity index (χ0v) is 18.0. The van der Waals surface area contributed by atoms with Crippen LogP contribution < -0.4 is 0 Å². The third-order valence-corrected chi connectivity index (χ3v) is 6.08. The van der Waals surface area contributed by atoms with Gasteiger partial charge in [-0.2, -0.15) is 13.2 Å². The quantitative estimate of drug-likeness (QED) is 0.698. The van der Waals surface area contributed by atoms with Crippen molar-refractivity contribution in [1.29, 1.82) is 0 Å². The number of alkyl halides is 3. The van der Waals surface area contributed by atoms with Gasteiger partial charge in [0.2, 0.25) is 0 Å². The van der Waals surface area contributed by atoms with Crippen LogP contribution in [0.5, 0.6) is 0 Å². The lowest BCUT2D eigenvalue weighted by molar-refractivity contribution is -0.192. The Hall–Kier alpha value is -1.75. The number of fused-ring (bicyclic) bond motifs is 1. The van der Waals surface area contributed by atoms with Crippen LogP contribution in [0.3, 0.4) is 0 Å². The lowest BCUT2D eigenvalue weighted by atomic mass is 9.99.